The standard InChI is InChI=1S/C16H22ClFN2O3/c1-9-12(18)5-4-11(14(9)17)16(2,3)20-15(22)13-6-19-10(7-21)8-23-13/h4-5,10,13,19,21H,6-8H2,1-3H3,(H,20,22)/t10-,13+/m1/s1. The van der Waals surface area contributed by atoms with Crippen molar-refractivity contribution in [2.24, 2.45) is 0 Å². The average molecular weight is 345 g/mol. The van der Waals surface area contributed by atoms with Crippen LogP contribution in [-0.4, -0.2) is 42.9 Å². The number of rotatable bonds is 4. The highest BCUT2D eigenvalue weighted by Gasteiger charge is 2.32. The zero-order chi connectivity index (χ0) is 17.2. The monoisotopic (exact) mass is 344 g/mol. The van der Waals surface area contributed by atoms with Crippen molar-refractivity contribution >= 4 is 17.5 Å². The lowest BCUT2D eigenvalue weighted by Crippen LogP contribution is -2.56. The first kappa shape index (κ1) is 18.1. The number of nitrogens with one attached hydrogen (secondary N) is 2. The molecule has 1 aromatic carbocycles. The quantitative estimate of drug-likeness (QED) is 0.774. The third-order valence-corrected chi connectivity index (χ3v) is 4.52. The smallest absolute Gasteiger partial charge is 0.251 e. The molecule has 0 bridgehead atoms. The second-order valence-electron chi connectivity index (χ2n) is 6.26. The third-order valence-electron chi connectivity index (χ3n) is 4.03. The Morgan fingerprint density at radius 3 is 2.83 bits per heavy atom. The van der Waals surface area contributed by atoms with Crippen LogP contribution in [-0.2, 0) is 15.1 Å². The number of amides is 1. The van der Waals surface area contributed by atoms with E-state index in [0.29, 0.717) is 22.7 Å². The molecule has 128 valence electrons. The molecule has 2 atom stereocenters. The van der Waals surface area contributed by atoms with E-state index in [-0.39, 0.29) is 31.0 Å². The molecule has 3 N–H and O–H groups in total. The van der Waals surface area contributed by atoms with Gasteiger partial charge in [0.15, 0.2) is 0 Å². The topological polar surface area (TPSA) is 70.6 Å². The zero-order valence-electron chi connectivity index (χ0n) is 13.5. The highest BCUT2D eigenvalue weighted by molar-refractivity contribution is 6.32. The van der Waals surface area contributed by atoms with E-state index in [1.165, 1.54) is 6.07 Å². The Balaban J connectivity index is 2.09. The molecule has 0 aliphatic carbocycles. The van der Waals surface area contributed by atoms with Crippen LogP contribution in [0, 0.1) is 12.7 Å². The maximum absolute atomic E-state index is 13.6. The van der Waals surface area contributed by atoms with Gasteiger partial charge in [-0.2, -0.15) is 0 Å². The van der Waals surface area contributed by atoms with Crippen LogP contribution < -0.4 is 10.6 Å². The molecule has 2 rings (SSSR count). The van der Waals surface area contributed by atoms with E-state index in [1.807, 2.05) is 0 Å². The van der Waals surface area contributed by atoms with Crippen molar-refractivity contribution in [2.45, 2.75) is 38.5 Å². The normalized spacial score (nSPS) is 22.0. The van der Waals surface area contributed by atoms with Crippen LogP contribution in [0.3, 0.4) is 0 Å². The van der Waals surface area contributed by atoms with Crippen molar-refractivity contribution < 1.29 is 19.0 Å². The first-order chi connectivity index (χ1) is 10.8. The molecule has 0 unspecified atom stereocenters. The van der Waals surface area contributed by atoms with E-state index >= 15 is 0 Å². The SMILES string of the molecule is Cc1c(F)ccc(C(C)(C)NC(=O)[C@@H]2CN[C@H](CO)CO2)c1Cl. The van der Waals surface area contributed by atoms with Gasteiger partial charge in [-0.3, -0.25) is 4.79 Å². The Morgan fingerprint density at radius 1 is 1.57 bits per heavy atom. The molecule has 0 aromatic heterocycles. The van der Waals surface area contributed by atoms with E-state index in [2.05, 4.69) is 10.6 Å². The summed E-state index contributed by atoms with van der Waals surface area (Å²) in [6.07, 6.45) is -0.641. The van der Waals surface area contributed by atoms with Gasteiger partial charge in [0.2, 0.25) is 0 Å². The summed E-state index contributed by atoms with van der Waals surface area (Å²) in [7, 11) is 0. The molecule has 1 aliphatic rings. The van der Waals surface area contributed by atoms with Gasteiger partial charge in [0.05, 0.1) is 29.8 Å². The second kappa shape index (κ2) is 7.13. The fourth-order valence-electron chi connectivity index (χ4n) is 2.51. The van der Waals surface area contributed by atoms with Gasteiger partial charge in [-0.05, 0) is 32.4 Å². The summed E-state index contributed by atoms with van der Waals surface area (Å²) >= 11 is 6.23. The van der Waals surface area contributed by atoms with Crippen LogP contribution in [0.25, 0.3) is 0 Å². The Morgan fingerprint density at radius 2 is 2.26 bits per heavy atom. The Bertz CT molecular complexity index is 587. The molecule has 23 heavy (non-hydrogen) atoms. The summed E-state index contributed by atoms with van der Waals surface area (Å²) in [6.45, 7) is 5.76. The van der Waals surface area contributed by atoms with E-state index in [4.69, 9.17) is 21.4 Å². The number of carbonyl (C=O) groups excluding carboxylic acids is 1. The molecular formula is C16H22ClFN2O3. The minimum Gasteiger partial charge on any atom is -0.395 e. The van der Waals surface area contributed by atoms with Crippen molar-refractivity contribution in [1.82, 2.24) is 10.6 Å². The van der Waals surface area contributed by atoms with Crippen LogP contribution >= 0.6 is 11.6 Å². The zero-order valence-corrected chi connectivity index (χ0v) is 14.2. The van der Waals surface area contributed by atoms with Gasteiger partial charge in [-0.1, -0.05) is 17.7 Å². The molecule has 1 heterocycles. The van der Waals surface area contributed by atoms with Gasteiger partial charge < -0.3 is 20.5 Å². The molecule has 5 nitrogen and oxygen atoms in total. The summed E-state index contributed by atoms with van der Waals surface area (Å²) in [5, 5.41) is 15.3. The lowest BCUT2D eigenvalue weighted by atomic mass is 9.92. The second-order valence-corrected chi connectivity index (χ2v) is 6.64. The molecule has 1 aromatic rings. The van der Waals surface area contributed by atoms with E-state index in [9.17, 15) is 9.18 Å². The highest BCUT2D eigenvalue weighted by Crippen LogP contribution is 2.31. The molecule has 1 fully saturated rings. The van der Waals surface area contributed by atoms with E-state index in [1.54, 1.807) is 26.8 Å². The van der Waals surface area contributed by atoms with E-state index in [0.717, 1.165) is 0 Å². The van der Waals surface area contributed by atoms with Crippen LogP contribution in [0.1, 0.15) is 25.0 Å². The summed E-state index contributed by atoms with van der Waals surface area (Å²) < 4.78 is 19.0. The molecule has 1 aliphatic heterocycles. The molecular weight excluding hydrogens is 323 g/mol. The fourth-order valence-corrected chi connectivity index (χ4v) is 2.90. The molecule has 0 radical (unpaired) electrons. The summed E-state index contributed by atoms with van der Waals surface area (Å²) in [6, 6.07) is 2.77. The van der Waals surface area contributed by atoms with Crippen molar-refractivity contribution in [3.8, 4) is 0 Å². The molecule has 1 amide bonds. The molecule has 1 saturated heterocycles. The summed E-state index contributed by atoms with van der Waals surface area (Å²) in [5.74, 6) is -0.660. The minimum atomic E-state index is -0.774. The largest absolute Gasteiger partial charge is 0.395 e. The molecule has 7 heteroatoms. The van der Waals surface area contributed by atoms with E-state index < -0.39 is 11.6 Å². The van der Waals surface area contributed by atoms with Gasteiger partial charge in [-0.15, -0.1) is 0 Å². The number of morpholine rings is 1. The van der Waals surface area contributed by atoms with Gasteiger partial charge in [0, 0.05) is 12.1 Å². The van der Waals surface area contributed by atoms with Crippen molar-refractivity contribution in [2.75, 3.05) is 19.8 Å². The first-order valence-electron chi connectivity index (χ1n) is 7.49. The summed E-state index contributed by atoms with van der Waals surface area (Å²) in [4.78, 5) is 12.4. The number of benzene rings is 1. The number of halogens is 2. The van der Waals surface area contributed by atoms with Gasteiger partial charge in [0.25, 0.3) is 5.91 Å². The number of hydrogen-bond donors (Lipinski definition) is 3. The number of aliphatic hydroxyl groups excluding tert-OH is 1. The maximum atomic E-state index is 13.6. The average Bonchev–Trinajstić information content (AvgIpc) is 2.52. The number of carbonyl (C=O) groups is 1. The van der Waals surface area contributed by atoms with Gasteiger partial charge in [-0.25, -0.2) is 4.39 Å². The highest BCUT2D eigenvalue weighted by atomic mass is 35.5. The number of ether oxygens (including phenoxy) is 1. The van der Waals surface area contributed by atoms with Gasteiger partial charge >= 0.3 is 0 Å². The third kappa shape index (κ3) is 4.01. The Kier molecular flexibility index (Phi) is 5.62. The first-order valence-corrected chi connectivity index (χ1v) is 7.87. The number of hydrogen-bond acceptors (Lipinski definition) is 4. The van der Waals surface area contributed by atoms with Crippen molar-refractivity contribution in [1.29, 1.82) is 0 Å². The van der Waals surface area contributed by atoms with Crippen molar-refractivity contribution in [3.05, 3.63) is 34.1 Å². The van der Waals surface area contributed by atoms with Crippen molar-refractivity contribution in [3.63, 3.8) is 0 Å². The van der Waals surface area contributed by atoms with Crippen LogP contribution in [0.4, 0.5) is 4.39 Å². The fraction of sp³-hybridized carbons (Fsp3) is 0.562. The Hall–Kier alpha value is -1.21. The lowest BCUT2D eigenvalue weighted by Gasteiger charge is -2.33. The predicted molar refractivity (Wildman–Crippen MR) is 85.9 cm³/mol. The molecule has 0 spiro atoms. The summed E-state index contributed by atoms with van der Waals surface area (Å²) in [5.41, 5.74) is 0.223. The van der Waals surface area contributed by atoms with Crippen LogP contribution in [0.2, 0.25) is 5.02 Å². The van der Waals surface area contributed by atoms with Crippen LogP contribution in [0.5, 0.6) is 0 Å². The number of aliphatic hydroxyl groups is 1. The lowest BCUT2D eigenvalue weighted by molar-refractivity contribution is -0.137. The Labute approximate surface area is 140 Å². The minimum absolute atomic E-state index is 0.0374. The maximum Gasteiger partial charge on any atom is 0.251 e. The predicted octanol–water partition coefficient (Wildman–Crippen LogP) is 1.49. The van der Waals surface area contributed by atoms with Gasteiger partial charge in [0.1, 0.15) is 11.9 Å². The van der Waals surface area contributed by atoms with Crippen LogP contribution in [0.15, 0.2) is 12.1 Å². The molecule has 0 saturated carbocycles.